The summed E-state index contributed by atoms with van der Waals surface area (Å²) >= 11 is 1.58. The van der Waals surface area contributed by atoms with Crippen molar-refractivity contribution in [2.75, 3.05) is 23.6 Å². The molecule has 4 rings (SSSR count). The lowest BCUT2D eigenvalue weighted by Crippen LogP contribution is -2.44. The Morgan fingerprint density at radius 2 is 2.04 bits per heavy atom. The number of hydrogen-bond acceptors (Lipinski definition) is 4. The highest BCUT2D eigenvalue weighted by Gasteiger charge is 2.35. The first-order valence-electron chi connectivity index (χ1n) is 9.15. The summed E-state index contributed by atoms with van der Waals surface area (Å²) in [6, 6.07) is 14.2. The number of benzene rings is 2. The molecule has 144 valence electrons. The van der Waals surface area contributed by atoms with Gasteiger partial charge in [-0.25, -0.2) is 0 Å². The third-order valence-electron chi connectivity index (χ3n) is 4.68. The zero-order chi connectivity index (χ0) is 19.5. The topological polar surface area (TPSA) is 74.4 Å². The molecule has 0 bridgehead atoms. The highest BCUT2D eigenvalue weighted by atomic mass is 32.2. The molecule has 1 saturated heterocycles. The monoisotopic (exact) mass is 395 g/mol. The molecule has 7 heteroatoms. The van der Waals surface area contributed by atoms with E-state index >= 15 is 0 Å². The third-order valence-corrected chi connectivity index (χ3v) is 5.69. The normalized spacial score (nSPS) is 16.3. The zero-order valence-electron chi connectivity index (χ0n) is 15.5. The van der Waals surface area contributed by atoms with E-state index in [2.05, 4.69) is 10.3 Å². The molecule has 6 nitrogen and oxygen atoms in total. The van der Waals surface area contributed by atoms with E-state index in [1.54, 1.807) is 40.9 Å². The minimum atomic E-state index is -0.494. The molecule has 2 amide bonds. The van der Waals surface area contributed by atoms with Crippen molar-refractivity contribution in [3.63, 3.8) is 0 Å². The molecule has 2 N–H and O–H groups in total. The maximum absolute atomic E-state index is 12.9. The molecule has 0 radical (unpaired) electrons. The van der Waals surface area contributed by atoms with Gasteiger partial charge >= 0.3 is 0 Å². The molecule has 1 aromatic heterocycles. The lowest BCUT2D eigenvalue weighted by Gasteiger charge is -2.23. The van der Waals surface area contributed by atoms with Crippen LogP contribution in [-0.4, -0.2) is 46.0 Å². The van der Waals surface area contributed by atoms with Crippen LogP contribution in [-0.2, 0) is 4.79 Å². The summed E-state index contributed by atoms with van der Waals surface area (Å²) in [4.78, 5) is 30.5. The van der Waals surface area contributed by atoms with E-state index in [0.29, 0.717) is 23.8 Å². The first-order chi connectivity index (χ1) is 13.7. The fraction of sp³-hybridized carbons (Fsp3) is 0.238. The number of amides is 2. The summed E-state index contributed by atoms with van der Waals surface area (Å²) in [5, 5.41) is 3.98. The van der Waals surface area contributed by atoms with Crippen LogP contribution in [0.5, 0.6) is 5.75 Å². The number of rotatable bonds is 5. The van der Waals surface area contributed by atoms with Crippen LogP contribution in [0.1, 0.15) is 17.3 Å². The van der Waals surface area contributed by atoms with Gasteiger partial charge in [0.1, 0.15) is 11.8 Å². The summed E-state index contributed by atoms with van der Waals surface area (Å²) in [6.07, 6.45) is 1.86. The van der Waals surface area contributed by atoms with Gasteiger partial charge in [-0.15, -0.1) is 11.8 Å². The van der Waals surface area contributed by atoms with Gasteiger partial charge in [-0.05, 0) is 55.5 Å². The largest absolute Gasteiger partial charge is 0.494 e. The van der Waals surface area contributed by atoms with E-state index in [9.17, 15) is 9.59 Å². The van der Waals surface area contributed by atoms with E-state index < -0.39 is 6.04 Å². The second kappa shape index (κ2) is 7.98. The van der Waals surface area contributed by atoms with Crippen LogP contribution in [0.4, 0.5) is 5.69 Å². The van der Waals surface area contributed by atoms with Crippen LogP contribution in [0.2, 0.25) is 0 Å². The van der Waals surface area contributed by atoms with Crippen molar-refractivity contribution >= 4 is 40.2 Å². The smallest absolute Gasteiger partial charge is 0.255 e. The molecule has 28 heavy (non-hydrogen) atoms. The summed E-state index contributed by atoms with van der Waals surface area (Å²) in [5.74, 6) is 1.50. The third kappa shape index (κ3) is 3.71. The van der Waals surface area contributed by atoms with E-state index in [0.717, 1.165) is 22.3 Å². The minimum absolute atomic E-state index is 0.144. The molecule has 3 aromatic rings. The Hall–Kier alpha value is -2.93. The van der Waals surface area contributed by atoms with Crippen LogP contribution in [0.25, 0.3) is 10.9 Å². The van der Waals surface area contributed by atoms with Crippen LogP contribution < -0.4 is 10.1 Å². The number of carbonyl (C=O) groups excluding carboxylic acids is 2. The van der Waals surface area contributed by atoms with Gasteiger partial charge in [0.2, 0.25) is 5.91 Å². The maximum atomic E-state index is 12.9. The molecule has 1 aliphatic rings. The fourth-order valence-corrected chi connectivity index (χ4v) is 4.40. The molecule has 0 unspecified atom stereocenters. The van der Waals surface area contributed by atoms with Crippen molar-refractivity contribution in [1.29, 1.82) is 0 Å². The van der Waals surface area contributed by atoms with Crippen LogP contribution in [0.15, 0.2) is 54.7 Å². The van der Waals surface area contributed by atoms with Crippen LogP contribution >= 0.6 is 11.8 Å². The number of H-pyrrole nitrogens is 1. The molecule has 0 aliphatic carbocycles. The number of carbonyl (C=O) groups is 2. The Balaban J connectivity index is 1.47. The first kappa shape index (κ1) is 18.4. The fourth-order valence-electron chi connectivity index (χ4n) is 3.24. The van der Waals surface area contributed by atoms with Crippen molar-refractivity contribution < 1.29 is 14.3 Å². The lowest BCUT2D eigenvalue weighted by atomic mass is 10.1. The Morgan fingerprint density at radius 1 is 1.21 bits per heavy atom. The Labute approximate surface area is 167 Å². The van der Waals surface area contributed by atoms with Crippen molar-refractivity contribution in [2.45, 2.75) is 13.0 Å². The maximum Gasteiger partial charge on any atom is 0.255 e. The minimum Gasteiger partial charge on any atom is -0.494 e. The SMILES string of the molecule is CCOc1ccc(C(=O)N2CSC[C@@H]2C(=O)Nc2ccc3[nH]ccc3c2)cc1. The van der Waals surface area contributed by atoms with E-state index in [1.165, 1.54) is 0 Å². The van der Waals surface area contributed by atoms with E-state index in [4.69, 9.17) is 4.74 Å². The van der Waals surface area contributed by atoms with Crippen molar-refractivity contribution in [2.24, 2.45) is 0 Å². The molecule has 2 heterocycles. The Bertz CT molecular complexity index is 1000. The number of hydrogen-bond donors (Lipinski definition) is 2. The standard InChI is InChI=1S/C21H21N3O3S/c1-2-27-17-6-3-14(4-7-17)21(26)24-13-28-12-19(24)20(25)23-16-5-8-18-15(11-16)9-10-22-18/h3-11,19,22H,2,12-13H2,1H3,(H,23,25)/t19-/m1/s1. The van der Waals surface area contributed by atoms with Gasteiger partial charge in [0.05, 0.1) is 12.5 Å². The average Bonchev–Trinajstić information content (AvgIpc) is 3.37. The molecule has 2 aromatic carbocycles. The van der Waals surface area contributed by atoms with Crippen LogP contribution in [0, 0.1) is 0 Å². The van der Waals surface area contributed by atoms with Gasteiger partial charge in [-0.3, -0.25) is 9.59 Å². The van der Waals surface area contributed by atoms with Crippen molar-refractivity contribution in [3.8, 4) is 5.75 Å². The molecule has 0 saturated carbocycles. The predicted molar refractivity (Wildman–Crippen MR) is 112 cm³/mol. The Morgan fingerprint density at radius 3 is 2.82 bits per heavy atom. The van der Waals surface area contributed by atoms with E-state index in [-0.39, 0.29) is 11.8 Å². The van der Waals surface area contributed by atoms with Crippen molar-refractivity contribution in [3.05, 3.63) is 60.3 Å². The second-order valence-electron chi connectivity index (χ2n) is 6.52. The number of aromatic amines is 1. The van der Waals surface area contributed by atoms with Gasteiger partial charge in [0.25, 0.3) is 5.91 Å². The number of anilines is 1. The van der Waals surface area contributed by atoms with Gasteiger partial charge < -0.3 is 19.9 Å². The number of fused-ring (bicyclic) bond motifs is 1. The summed E-state index contributed by atoms with van der Waals surface area (Å²) in [6.45, 7) is 2.49. The van der Waals surface area contributed by atoms with Crippen LogP contribution in [0.3, 0.4) is 0 Å². The number of aromatic nitrogens is 1. The van der Waals surface area contributed by atoms with Crippen molar-refractivity contribution in [1.82, 2.24) is 9.88 Å². The molecule has 1 aliphatic heterocycles. The Kier molecular flexibility index (Phi) is 5.25. The molecular formula is C21H21N3O3S. The zero-order valence-corrected chi connectivity index (χ0v) is 16.3. The molecular weight excluding hydrogens is 374 g/mol. The summed E-state index contributed by atoms with van der Waals surface area (Å²) in [7, 11) is 0. The molecule has 0 spiro atoms. The van der Waals surface area contributed by atoms with Gasteiger partial charge in [0, 0.05) is 34.1 Å². The predicted octanol–water partition coefficient (Wildman–Crippen LogP) is 3.72. The second-order valence-corrected chi connectivity index (χ2v) is 7.52. The quantitative estimate of drug-likeness (QED) is 0.690. The lowest BCUT2D eigenvalue weighted by molar-refractivity contribution is -0.119. The number of nitrogens with zero attached hydrogens (tertiary/aromatic N) is 1. The number of nitrogens with one attached hydrogen (secondary N) is 2. The summed E-state index contributed by atoms with van der Waals surface area (Å²) < 4.78 is 5.42. The number of thioether (sulfide) groups is 1. The number of ether oxygens (including phenoxy) is 1. The first-order valence-corrected chi connectivity index (χ1v) is 10.3. The highest BCUT2D eigenvalue weighted by molar-refractivity contribution is 7.99. The molecule has 1 atom stereocenters. The molecule has 1 fully saturated rings. The summed E-state index contributed by atoms with van der Waals surface area (Å²) in [5.41, 5.74) is 2.29. The van der Waals surface area contributed by atoms with Gasteiger partial charge in [0.15, 0.2) is 0 Å². The van der Waals surface area contributed by atoms with E-state index in [1.807, 2.05) is 37.4 Å². The highest BCUT2D eigenvalue weighted by Crippen LogP contribution is 2.26. The van der Waals surface area contributed by atoms with Gasteiger partial charge in [-0.1, -0.05) is 0 Å². The van der Waals surface area contributed by atoms with Gasteiger partial charge in [-0.2, -0.15) is 0 Å². The average molecular weight is 395 g/mol.